The van der Waals surface area contributed by atoms with Gasteiger partial charge in [-0.3, -0.25) is 14.5 Å². The van der Waals surface area contributed by atoms with Crippen molar-refractivity contribution in [1.82, 2.24) is 34.1 Å². The predicted molar refractivity (Wildman–Crippen MR) is 175 cm³/mol. The minimum absolute atomic E-state index is 0.549. The minimum atomic E-state index is 0.549. The molecule has 7 heteroatoms. The summed E-state index contributed by atoms with van der Waals surface area (Å²) in [5.74, 6) is 1.78. The number of nitrogens with zero attached hydrogens (tertiary/aromatic N) is 7. The normalized spacial score (nSPS) is 11.6. The molecule has 4 aromatic carbocycles. The zero-order valence-electron chi connectivity index (χ0n) is 23.4. The van der Waals surface area contributed by atoms with E-state index in [1.807, 2.05) is 97.6 Å². The Morgan fingerprint density at radius 1 is 0.409 bits per heavy atom. The maximum atomic E-state index is 5.07. The fourth-order valence-electron chi connectivity index (χ4n) is 6.19. The number of hydrogen-bond acceptors (Lipinski definition) is 5. The fourth-order valence-corrected chi connectivity index (χ4v) is 6.19. The number of benzene rings is 4. The highest BCUT2D eigenvalue weighted by molar-refractivity contribution is 6.18. The van der Waals surface area contributed by atoms with Gasteiger partial charge >= 0.3 is 0 Å². The van der Waals surface area contributed by atoms with Gasteiger partial charge in [-0.15, -0.1) is 0 Å². The third kappa shape index (κ3) is 3.73. The summed E-state index contributed by atoms with van der Waals surface area (Å²) >= 11 is 0. The van der Waals surface area contributed by atoms with E-state index in [0.29, 0.717) is 17.6 Å². The molecule has 0 unspecified atom stereocenters. The highest BCUT2D eigenvalue weighted by Crippen LogP contribution is 2.39. The van der Waals surface area contributed by atoms with Crippen molar-refractivity contribution in [1.29, 1.82) is 0 Å². The number of fused-ring (bicyclic) bond motifs is 6. The molecule has 206 valence electrons. The molecule has 0 saturated heterocycles. The van der Waals surface area contributed by atoms with Crippen LogP contribution in [0.15, 0.2) is 140 Å². The van der Waals surface area contributed by atoms with Crippen LogP contribution in [0.2, 0.25) is 0 Å². The third-order valence-electron chi connectivity index (χ3n) is 8.16. The smallest absolute Gasteiger partial charge is 0.238 e. The molecule has 5 heterocycles. The lowest BCUT2D eigenvalue weighted by atomic mass is 10.1. The molecule has 0 fully saturated rings. The Kier molecular flexibility index (Phi) is 5.36. The van der Waals surface area contributed by atoms with Crippen LogP contribution >= 0.6 is 0 Å². The maximum Gasteiger partial charge on any atom is 0.238 e. The van der Waals surface area contributed by atoms with E-state index in [4.69, 9.17) is 15.0 Å². The number of para-hydroxylation sites is 1. The van der Waals surface area contributed by atoms with Gasteiger partial charge < -0.3 is 4.57 Å². The predicted octanol–water partition coefficient (Wildman–Crippen LogP) is 8.19. The monoisotopic (exact) mass is 565 g/mol. The van der Waals surface area contributed by atoms with Gasteiger partial charge in [-0.05, 0) is 36.4 Å². The molecule has 0 radical (unpaired) electrons. The third-order valence-corrected chi connectivity index (χ3v) is 8.16. The van der Waals surface area contributed by atoms with Gasteiger partial charge in [0.15, 0.2) is 11.6 Å². The zero-order chi connectivity index (χ0) is 29.0. The van der Waals surface area contributed by atoms with Gasteiger partial charge in [0.05, 0.1) is 22.1 Å². The highest BCUT2D eigenvalue weighted by Gasteiger charge is 2.21. The molecule has 9 rings (SSSR count). The number of aromatic nitrogens is 7. The summed E-state index contributed by atoms with van der Waals surface area (Å²) < 4.78 is 4.43. The Hall–Kier alpha value is -6.21. The summed E-state index contributed by atoms with van der Waals surface area (Å²) in [6.07, 6.45) is 7.54. The van der Waals surface area contributed by atoms with Crippen molar-refractivity contribution in [3.05, 3.63) is 140 Å². The first-order valence-corrected chi connectivity index (χ1v) is 14.4. The summed E-state index contributed by atoms with van der Waals surface area (Å²) in [6.45, 7) is 0. The molecule has 9 aromatic rings. The van der Waals surface area contributed by atoms with Gasteiger partial charge in [0.2, 0.25) is 5.95 Å². The van der Waals surface area contributed by atoms with Crippen molar-refractivity contribution in [3.8, 4) is 34.4 Å². The van der Waals surface area contributed by atoms with Crippen LogP contribution in [0.25, 0.3) is 78.0 Å². The van der Waals surface area contributed by atoms with Gasteiger partial charge in [-0.25, -0.2) is 4.98 Å². The lowest BCUT2D eigenvalue weighted by Gasteiger charge is -2.11. The van der Waals surface area contributed by atoms with Crippen LogP contribution in [0.4, 0.5) is 0 Å². The van der Waals surface area contributed by atoms with Crippen molar-refractivity contribution in [2.24, 2.45) is 0 Å². The van der Waals surface area contributed by atoms with Crippen LogP contribution in [0.1, 0.15) is 0 Å². The van der Waals surface area contributed by atoms with Crippen molar-refractivity contribution >= 4 is 43.6 Å². The van der Waals surface area contributed by atoms with Crippen molar-refractivity contribution < 1.29 is 0 Å². The van der Waals surface area contributed by atoms with E-state index in [0.717, 1.165) is 60.4 Å². The number of rotatable bonds is 4. The number of hydrogen-bond donors (Lipinski definition) is 0. The summed E-state index contributed by atoms with van der Waals surface area (Å²) in [6, 6.07) is 39.1. The zero-order valence-corrected chi connectivity index (χ0v) is 23.4. The van der Waals surface area contributed by atoms with E-state index in [2.05, 4.69) is 61.6 Å². The SMILES string of the molecule is c1ccc(-c2nc(-c3ccccc3)nc(-n3c4ccncc4c4cc5c(cc43)c3cnccc3n5-c3ccccc3)n2)cc1. The average molecular weight is 566 g/mol. The summed E-state index contributed by atoms with van der Waals surface area (Å²) in [5, 5.41) is 4.27. The summed E-state index contributed by atoms with van der Waals surface area (Å²) in [5.41, 5.74) is 7.10. The first-order valence-electron chi connectivity index (χ1n) is 14.4. The van der Waals surface area contributed by atoms with Crippen molar-refractivity contribution in [2.75, 3.05) is 0 Å². The van der Waals surface area contributed by atoms with Gasteiger partial charge in [0.1, 0.15) is 0 Å². The lowest BCUT2D eigenvalue weighted by Crippen LogP contribution is -2.06. The molecule has 0 spiro atoms. The van der Waals surface area contributed by atoms with Gasteiger partial charge in [0, 0.05) is 63.1 Å². The Morgan fingerprint density at radius 3 is 1.43 bits per heavy atom. The van der Waals surface area contributed by atoms with Crippen LogP contribution in [0.5, 0.6) is 0 Å². The Labute approximate surface area is 251 Å². The summed E-state index contributed by atoms with van der Waals surface area (Å²) in [4.78, 5) is 24.1. The van der Waals surface area contributed by atoms with E-state index in [1.165, 1.54) is 0 Å². The molecule has 44 heavy (non-hydrogen) atoms. The molecule has 0 N–H and O–H groups in total. The molecule has 0 aliphatic heterocycles. The van der Waals surface area contributed by atoms with Gasteiger partial charge in [-0.1, -0.05) is 78.9 Å². The molecular formula is C37H23N7. The Bertz CT molecular complexity index is 2420. The van der Waals surface area contributed by atoms with Crippen LogP contribution in [0, 0.1) is 0 Å². The molecule has 0 aliphatic rings. The highest BCUT2D eigenvalue weighted by atomic mass is 15.2. The standard InChI is InChI=1S/C37H23N7/c1-4-10-24(11-5-1)35-40-36(25-12-6-2-7-13-25)42-37(41-35)44-32-17-19-39-23-30(32)28-20-33-27(21-34(28)44)29-22-38-18-16-31(29)43(33)26-14-8-3-9-15-26/h1-23H. The molecule has 0 aliphatic carbocycles. The molecule has 0 bridgehead atoms. The fraction of sp³-hybridized carbons (Fsp3) is 0. The maximum absolute atomic E-state index is 5.07. The molecule has 0 atom stereocenters. The minimum Gasteiger partial charge on any atom is -0.309 e. The average Bonchev–Trinajstić information content (AvgIpc) is 3.60. The molecule has 5 aromatic heterocycles. The van der Waals surface area contributed by atoms with Gasteiger partial charge in [0.25, 0.3) is 0 Å². The van der Waals surface area contributed by atoms with E-state index >= 15 is 0 Å². The van der Waals surface area contributed by atoms with E-state index in [-0.39, 0.29) is 0 Å². The van der Waals surface area contributed by atoms with Crippen molar-refractivity contribution in [2.45, 2.75) is 0 Å². The number of pyridine rings is 2. The molecule has 0 amide bonds. The molecular weight excluding hydrogens is 542 g/mol. The first-order chi connectivity index (χ1) is 21.8. The van der Waals surface area contributed by atoms with Crippen LogP contribution < -0.4 is 0 Å². The molecule has 7 nitrogen and oxygen atoms in total. The lowest BCUT2D eigenvalue weighted by molar-refractivity contribution is 0.953. The topological polar surface area (TPSA) is 74.3 Å². The van der Waals surface area contributed by atoms with E-state index in [9.17, 15) is 0 Å². The second kappa shape index (κ2) is 9.68. The van der Waals surface area contributed by atoms with Crippen LogP contribution in [-0.4, -0.2) is 34.1 Å². The Morgan fingerprint density at radius 2 is 0.886 bits per heavy atom. The second-order valence-corrected chi connectivity index (χ2v) is 10.7. The van der Waals surface area contributed by atoms with Crippen molar-refractivity contribution in [3.63, 3.8) is 0 Å². The van der Waals surface area contributed by atoms with Crippen LogP contribution in [0.3, 0.4) is 0 Å². The largest absolute Gasteiger partial charge is 0.309 e. The van der Waals surface area contributed by atoms with E-state index in [1.54, 1.807) is 0 Å². The summed E-state index contributed by atoms with van der Waals surface area (Å²) in [7, 11) is 0. The Balaban J connectivity index is 1.40. The molecule has 0 saturated carbocycles. The van der Waals surface area contributed by atoms with E-state index < -0.39 is 0 Å². The quantitative estimate of drug-likeness (QED) is 0.215. The first kappa shape index (κ1) is 24.4. The van der Waals surface area contributed by atoms with Crippen LogP contribution in [-0.2, 0) is 0 Å². The second-order valence-electron chi connectivity index (χ2n) is 10.7. The van der Waals surface area contributed by atoms with Gasteiger partial charge in [-0.2, -0.15) is 9.97 Å².